The molecule has 0 saturated carbocycles. The molecule has 2 aromatic carbocycles. The van der Waals surface area contributed by atoms with Crippen molar-refractivity contribution in [2.75, 3.05) is 11.5 Å². The number of nitrogens with zero attached hydrogens (tertiary/aromatic N) is 1. The Kier molecular flexibility index (Phi) is 3.53. The van der Waals surface area contributed by atoms with Gasteiger partial charge in [0, 0.05) is 6.07 Å². The molecule has 0 fully saturated rings. The highest BCUT2D eigenvalue weighted by atomic mass is 19.1. The summed E-state index contributed by atoms with van der Waals surface area (Å²) in [6.45, 7) is -0.618. The van der Waals surface area contributed by atoms with Crippen molar-refractivity contribution in [1.82, 2.24) is 0 Å². The summed E-state index contributed by atoms with van der Waals surface area (Å²) in [5, 5.41) is 8.59. The van der Waals surface area contributed by atoms with Crippen LogP contribution in [0.4, 0.5) is 10.1 Å². The van der Waals surface area contributed by atoms with Crippen LogP contribution >= 0.6 is 0 Å². The molecule has 0 bridgehead atoms. The van der Waals surface area contributed by atoms with Crippen LogP contribution < -0.4 is 9.64 Å². The Morgan fingerprint density at radius 1 is 1.09 bits per heavy atom. The number of aliphatic carboxylic acids is 1. The normalized spacial score (nSPS) is 13.2. The molecule has 1 N–H and O–H groups in total. The number of hydrogen-bond acceptors (Lipinski definition) is 4. The molecule has 116 valence electrons. The molecular formula is C16H10FNO5. The highest BCUT2D eigenvalue weighted by Gasteiger charge is 2.37. The van der Waals surface area contributed by atoms with E-state index in [-0.39, 0.29) is 22.6 Å². The fourth-order valence-corrected chi connectivity index (χ4v) is 2.31. The van der Waals surface area contributed by atoms with Gasteiger partial charge in [0.15, 0.2) is 6.61 Å². The van der Waals surface area contributed by atoms with Crippen LogP contribution in [-0.2, 0) is 4.79 Å². The molecule has 0 saturated heterocycles. The first-order valence-corrected chi connectivity index (χ1v) is 6.61. The summed E-state index contributed by atoms with van der Waals surface area (Å²) in [6, 6.07) is 9.54. The van der Waals surface area contributed by atoms with Crippen LogP contribution in [-0.4, -0.2) is 29.5 Å². The van der Waals surface area contributed by atoms with Crippen LogP contribution in [0.1, 0.15) is 20.7 Å². The van der Waals surface area contributed by atoms with Crippen molar-refractivity contribution in [3.8, 4) is 5.75 Å². The Labute approximate surface area is 129 Å². The third kappa shape index (κ3) is 2.52. The minimum atomic E-state index is -1.20. The maximum atomic E-state index is 14.1. The molecule has 0 radical (unpaired) electrons. The fraction of sp³-hybridized carbons (Fsp3) is 0.0625. The van der Waals surface area contributed by atoms with Crippen molar-refractivity contribution < 1.29 is 28.6 Å². The predicted octanol–water partition coefficient (Wildman–Crippen LogP) is 2.09. The monoisotopic (exact) mass is 315 g/mol. The number of imide groups is 1. The average Bonchev–Trinajstić information content (AvgIpc) is 2.79. The lowest BCUT2D eigenvalue weighted by Crippen LogP contribution is -2.30. The SMILES string of the molecule is O=C(O)COc1ccc(F)c(N2C(=O)c3ccccc3C2=O)c1. The molecular weight excluding hydrogens is 305 g/mol. The van der Waals surface area contributed by atoms with Crippen LogP contribution in [0.3, 0.4) is 0 Å². The average molecular weight is 315 g/mol. The van der Waals surface area contributed by atoms with Crippen molar-refractivity contribution in [3.05, 3.63) is 59.4 Å². The minimum Gasteiger partial charge on any atom is -0.482 e. The summed E-state index contributed by atoms with van der Waals surface area (Å²) >= 11 is 0. The van der Waals surface area contributed by atoms with Gasteiger partial charge in [0.05, 0.1) is 16.8 Å². The van der Waals surface area contributed by atoms with Gasteiger partial charge in [0.1, 0.15) is 11.6 Å². The first-order valence-electron chi connectivity index (χ1n) is 6.61. The molecule has 0 atom stereocenters. The van der Waals surface area contributed by atoms with Gasteiger partial charge in [0.2, 0.25) is 0 Å². The number of hydrogen-bond donors (Lipinski definition) is 1. The van der Waals surface area contributed by atoms with Gasteiger partial charge < -0.3 is 9.84 Å². The van der Waals surface area contributed by atoms with Crippen LogP contribution in [0.2, 0.25) is 0 Å². The van der Waals surface area contributed by atoms with Gasteiger partial charge in [-0.15, -0.1) is 0 Å². The number of carbonyl (C=O) groups is 3. The smallest absolute Gasteiger partial charge is 0.341 e. The number of carboxylic acids is 1. The second-order valence-corrected chi connectivity index (χ2v) is 4.79. The maximum Gasteiger partial charge on any atom is 0.341 e. The summed E-state index contributed by atoms with van der Waals surface area (Å²) in [5.41, 5.74) is 0.0987. The van der Waals surface area contributed by atoms with Crippen molar-refractivity contribution in [2.45, 2.75) is 0 Å². The third-order valence-electron chi connectivity index (χ3n) is 3.31. The summed E-state index contributed by atoms with van der Waals surface area (Å²) in [4.78, 5) is 35.9. The molecule has 1 heterocycles. The van der Waals surface area contributed by atoms with Crippen molar-refractivity contribution >= 4 is 23.5 Å². The number of carbonyl (C=O) groups excluding carboxylic acids is 2. The molecule has 0 aliphatic carbocycles. The number of amides is 2. The van der Waals surface area contributed by atoms with Gasteiger partial charge in [-0.2, -0.15) is 0 Å². The van der Waals surface area contributed by atoms with E-state index in [0.717, 1.165) is 12.1 Å². The van der Waals surface area contributed by atoms with E-state index in [2.05, 4.69) is 0 Å². The second kappa shape index (κ2) is 5.53. The van der Waals surface area contributed by atoms with E-state index in [1.54, 1.807) is 12.1 Å². The van der Waals surface area contributed by atoms with Crippen LogP contribution in [0, 0.1) is 5.82 Å². The number of anilines is 1. The molecule has 3 rings (SSSR count). The van der Waals surface area contributed by atoms with Gasteiger partial charge in [-0.1, -0.05) is 12.1 Å². The van der Waals surface area contributed by atoms with E-state index in [0.29, 0.717) is 4.90 Å². The standard InChI is InChI=1S/C16H10FNO5/c17-12-6-5-9(23-8-14(19)20)7-13(12)18-15(21)10-3-1-2-4-11(10)16(18)22/h1-7H,8H2,(H,19,20). The summed E-state index contributed by atoms with van der Waals surface area (Å²) in [6.07, 6.45) is 0. The molecule has 1 aliphatic heterocycles. The number of halogens is 1. The summed E-state index contributed by atoms with van der Waals surface area (Å²) in [5.74, 6) is -3.22. The maximum absolute atomic E-state index is 14.1. The van der Waals surface area contributed by atoms with Gasteiger partial charge in [-0.3, -0.25) is 9.59 Å². The first-order chi connectivity index (χ1) is 11.0. The van der Waals surface area contributed by atoms with Crippen LogP contribution in [0.5, 0.6) is 5.75 Å². The van der Waals surface area contributed by atoms with E-state index in [4.69, 9.17) is 9.84 Å². The Bertz CT molecular complexity index is 798. The number of fused-ring (bicyclic) bond motifs is 1. The van der Waals surface area contributed by atoms with Gasteiger partial charge >= 0.3 is 5.97 Å². The topological polar surface area (TPSA) is 83.9 Å². The van der Waals surface area contributed by atoms with E-state index in [9.17, 15) is 18.8 Å². The Morgan fingerprint density at radius 2 is 1.70 bits per heavy atom. The summed E-state index contributed by atoms with van der Waals surface area (Å²) in [7, 11) is 0. The molecule has 0 aromatic heterocycles. The Morgan fingerprint density at radius 3 is 2.26 bits per heavy atom. The molecule has 7 heteroatoms. The zero-order valence-corrected chi connectivity index (χ0v) is 11.7. The van der Waals surface area contributed by atoms with E-state index in [1.807, 2.05) is 0 Å². The zero-order valence-electron chi connectivity index (χ0n) is 11.7. The molecule has 2 amide bonds. The van der Waals surface area contributed by atoms with Gasteiger partial charge in [-0.25, -0.2) is 14.1 Å². The fourth-order valence-electron chi connectivity index (χ4n) is 2.31. The lowest BCUT2D eigenvalue weighted by atomic mass is 10.1. The van der Waals surface area contributed by atoms with Crippen LogP contribution in [0.15, 0.2) is 42.5 Å². The highest BCUT2D eigenvalue weighted by molar-refractivity contribution is 6.34. The number of benzene rings is 2. The van der Waals surface area contributed by atoms with Gasteiger partial charge in [-0.05, 0) is 24.3 Å². The predicted molar refractivity (Wildman–Crippen MR) is 77.1 cm³/mol. The lowest BCUT2D eigenvalue weighted by molar-refractivity contribution is -0.139. The molecule has 6 nitrogen and oxygen atoms in total. The van der Waals surface area contributed by atoms with Gasteiger partial charge in [0.25, 0.3) is 11.8 Å². The largest absolute Gasteiger partial charge is 0.482 e. The highest BCUT2D eigenvalue weighted by Crippen LogP contribution is 2.32. The molecule has 0 unspecified atom stereocenters. The van der Waals surface area contributed by atoms with Crippen molar-refractivity contribution in [2.24, 2.45) is 0 Å². The molecule has 23 heavy (non-hydrogen) atoms. The lowest BCUT2D eigenvalue weighted by Gasteiger charge is -2.16. The van der Waals surface area contributed by atoms with Crippen molar-refractivity contribution in [1.29, 1.82) is 0 Å². The molecule has 0 spiro atoms. The molecule has 1 aliphatic rings. The van der Waals surface area contributed by atoms with E-state index in [1.165, 1.54) is 18.2 Å². The quantitative estimate of drug-likeness (QED) is 0.873. The Balaban J connectivity index is 1.99. The van der Waals surface area contributed by atoms with E-state index < -0.39 is 30.2 Å². The van der Waals surface area contributed by atoms with Crippen molar-refractivity contribution in [3.63, 3.8) is 0 Å². The molecule has 2 aromatic rings. The van der Waals surface area contributed by atoms with E-state index >= 15 is 0 Å². The Hall–Kier alpha value is -3.22. The zero-order chi connectivity index (χ0) is 16.6. The summed E-state index contributed by atoms with van der Waals surface area (Å²) < 4.78 is 19.0. The number of ether oxygens (including phenoxy) is 1. The second-order valence-electron chi connectivity index (χ2n) is 4.79. The number of carboxylic acid groups (broad SMARTS) is 1. The first kappa shape index (κ1) is 14.7. The minimum absolute atomic E-state index is 0.0420. The van der Waals surface area contributed by atoms with Crippen LogP contribution in [0.25, 0.3) is 0 Å². The third-order valence-corrected chi connectivity index (χ3v) is 3.31. The number of rotatable bonds is 4.